The summed E-state index contributed by atoms with van der Waals surface area (Å²) >= 11 is 0. The van der Waals surface area contributed by atoms with Crippen LogP contribution in [-0.4, -0.2) is 19.3 Å². The Balaban J connectivity index is 0.00000386. The van der Waals surface area contributed by atoms with E-state index in [2.05, 4.69) is 118 Å². The standard InChI is InChI=1S/C41H38N4O.Pt/c1-7-28-16-19-36(41(4,5)6)33(8-2)40(28)29-25-43-44(26-29)30-12-11-13-31(23-30)46-32-17-18-35-34-14-9-10-15-37(34)45(38(35)24-32)39-22-27(3)20-21-42-39;/h9-22,25-26H,7-8H2,1-6H3;/q-2;+2. The summed E-state index contributed by atoms with van der Waals surface area (Å²) in [6.45, 7) is 13.4. The van der Waals surface area contributed by atoms with Gasteiger partial charge in [0.2, 0.25) is 0 Å². The van der Waals surface area contributed by atoms with Gasteiger partial charge in [-0.2, -0.15) is 17.2 Å². The third-order valence-electron chi connectivity index (χ3n) is 8.72. The average Bonchev–Trinajstić information content (AvgIpc) is 3.67. The summed E-state index contributed by atoms with van der Waals surface area (Å²) in [5, 5.41) is 7.03. The van der Waals surface area contributed by atoms with Gasteiger partial charge < -0.3 is 9.30 Å². The van der Waals surface area contributed by atoms with Gasteiger partial charge in [0.1, 0.15) is 5.82 Å². The van der Waals surface area contributed by atoms with E-state index in [0.717, 1.165) is 57.3 Å². The van der Waals surface area contributed by atoms with Crippen molar-refractivity contribution >= 4 is 21.8 Å². The predicted molar refractivity (Wildman–Crippen MR) is 188 cm³/mol. The van der Waals surface area contributed by atoms with Crippen molar-refractivity contribution in [2.75, 3.05) is 0 Å². The number of rotatable bonds is 7. The van der Waals surface area contributed by atoms with E-state index >= 15 is 0 Å². The van der Waals surface area contributed by atoms with E-state index in [0.29, 0.717) is 11.5 Å². The van der Waals surface area contributed by atoms with Gasteiger partial charge in [0.05, 0.1) is 6.20 Å². The molecular formula is C41H38N4OPt. The molecule has 0 unspecified atom stereocenters. The summed E-state index contributed by atoms with van der Waals surface area (Å²) in [7, 11) is 0. The maximum atomic E-state index is 6.39. The number of fused-ring (bicyclic) bond motifs is 3. The molecule has 0 aliphatic rings. The predicted octanol–water partition coefficient (Wildman–Crippen LogP) is 10.2. The van der Waals surface area contributed by atoms with Crippen LogP contribution in [0.25, 0.3) is 44.4 Å². The van der Waals surface area contributed by atoms with Gasteiger partial charge in [-0.25, -0.2) is 4.98 Å². The fraction of sp³-hybridized carbons (Fsp3) is 0.220. The normalized spacial score (nSPS) is 11.6. The number of hydrogen-bond donors (Lipinski definition) is 0. The van der Waals surface area contributed by atoms with Crippen molar-refractivity contribution in [2.24, 2.45) is 0 Å². The minimum atomic E-state index is 0. The van der Waals surface area contributed by atoms with Crippen LogP contribution in [0.4, 0.5) is 0 Å². The second kappa shape index (κ2) is 13.0. The third-order valence-corrected chi connectivity index (χ3v) is 8.72. The van der Waals surface area contributed by atoms with E-state index in [-0.39, 0.29) is 26.5 Å². The smallest absolute Gasteiger partial charge is 0.509 e. The van der Waals surface area contributed by atoms with Gasteiger partial charge >= 0.3 is 21.1 Å². The Morgan fingerprint density at radius 3 is 2.40 bits per heavy atom. The van der Waals surface area contributed by atoms with Crippen molar-refractivity contribution in [1.29, 1.82) is 0 Å². The zero-order chi connectivity index (χ0) is 32.0. The Kier molecular flexibility index (Phi) is 8.96. The fourth-order valence-electron chi connectivity index (χ4n) is 6.57. The summed E-state index contributed by atoms with van der Waals surface area (Å²) in [5.41, 5.74) is 10.6. The Labute approximate surface area is 291 Å². The largest absolute Gasteiger partial charge is 2.00 e. The molecule has 0 radical (unpaired) electrons. The zero-order valence-corrected chi connectivity index (χ0v) is 29.9. The third kappa shape index (κ3) is 6.05. The molecule has 0 fully saturated rings. The molecule has 0 bridgehead atoms. The molecule has 0 aliphatic heterocycles. The number of hydrogen-bond acceptors (Lipinski definition) is 3. The second-order valence-corrected chi connectivity index (χ2v) is 12.9. The van der Waals surface area contributed by atoms with Crippen molar-refractivity contribution in [3.8, 4) is 34.1 Å². The summed E-state index contributed by atoms with van der Waals surface area (Å²) in [6, 6.07) is 34.0. The first kappa shape index (κ1) is 32.5. The molecule has 0 amide bonds. The molecule has 238 valence electrons. The molecule has 7 aromatic rings. The van der Waals surface area contributed by atoms with Crippen LogP contribution < -0.4 is 4.74 Å². The number of para-hydroxylation sites is 1. The van der Waals surface area contributed by atoms with Gasteiger partial charge in [-0.05, 0) is 82.3 Å². The molecular weight excluding hydrogens is 760 g/mol. The summed E-state index contributed by atoms with van der Waals surface area (Å²) < 4.78 is 10.4. The number of pyridine rings is 1. The van der Waals surface area contributed by atoms with Crippen molar-refractivity contribution in [1.82, 2.24) is 19.3 Å². The molecule has 0 aliphatic carbocycles. The van der Waals surface area contributed by atoms with Crippen LogP contribution in [0, 0.1) is 19.1 Å². The molecule has 7 rings (SSSR count). The number of nitrogens with zero attached hydrogens (tertiary/aromatic N) is 4. The van der Waals surface area contributed by atoms with Gasteiger partial charge in [-0.1, -0.05) is 70.5 Å². The molecule has 47 heavy (non-hydrogen) atoms. The number of ether oxygens (including phenoxy) is 1. The van der Waals surface area contributed by atoms with E-state index in [9.17, 15) is 0 Å². The molecule has 0 N–H and O–H groups in total. The van der Waals surface area contributed by atoms with E-state index in [4.69, 9.17) is 9.84 Å². The molecule has 6 heteroatoms. The van der Waals surface area contributed by atoms with Crippen molar-refractivity contribution < 1.29 is 25.8 Å². The van der Waals surface area contributed by atoms with Crippen LogP contribution in [-0.2, 0) is 39.3 Å². The van der Waals surface area contributed by atoms with Gasteiger partial charge in [-0.3, -0.25) is 4.68 Å². The van der Waals surface area contributed by atoms with Crippen LogP contribution in [0.3, 0.4) is 0 Å². The Bertz CT molecular complexity index is 2220. The maximum absolute atomic E-state index is 6.39. The topological polar surface area (TPSA) is 44.9 Å². The van der Waals surface area contributed by atoms with Gasteiger partial charge in [0.15, 0.2) is 0 Å². The molecule has 0 atom stereocenters. The van der Waals surface area contributed by atoms with Crippen molar-refractivity contribution in [3.05, 3.63) is 132 Å². The minimum Gasteiger partial charge on any atom is -0.509 e. The average molecular weight is 798 g/mol. The van der Waals surface area contributed by atoms with E-state index in [1.165, 1.54) is 22.3 Å². The minimum absolute atomic E-state index is 0. The molecule has 3 heterocycles. The van der Waals surface area contributed by atoms with Crippen LogP contribution in [0.15, 0.2) is 97.5 Å². The molecule has 4 aromatic carbocycles. The Morgan fingerprint density at radius 2 is 1.64 bits per heavy atom. The van der Waals surface area contributed by atoms with Gasteiger partial charge in [-0.15, -0.1) is 35.7 Å². The van der Waals surface area contributed by atoms with Gasteiger partial charge in [0, 0.05) is 35.0 Å². The second-order valence-electron chi connectivity index (χ2n) is 12.9. The first-order valence-electron chi connectivity index (χ1n) is 16.0. The van der Waals surface area contributed by atoms with Crippen LogP contribution >= 0.6 is 0 Å². The Morgan fingerprint density at radius 1 is 0.830 bits per heavy atom. The molecule has 3 aromatic heterocycles. The Hall–Kier alpha value is -4.47. The van der Waals surface area contributed by atoms with E-state index in [1.807, 2.05) is 47.4 Å². The molecule has 0 spiro atoms. The molecule has 0 saturated carbocycles. The quantitative estimate of drug-likeness (QED) is 0.151. The van der Waals surface area contributed by atoms with Crippen LogP contribution in [0.5, 0.6) is 11.5 Å². The van der Waals surface area contributed by atoms with Crippen LogP contribution in [0.1, 0.15) is 56.9 Å². The van der Waals surface area contributed by atoms with Crippen LogP contribution in [0.2, 0.25) is 0 Å². The molecule has 0 saturated heterocycles. The van der Waals surface area contributed by atoms with Gasteiger partial charge in [0.25, 0.3) is 0 Å². The first-order valence-corrected chi connectivity index (χ1v) is 16.0. The maximum Gasteiger partial charge on any atom is 2.00 e. The number of benzene rings is 4. The number of aromatic nitrogens is 4. The summed E-state index contributed by atoms with van der Waals surface area (Å²) in [5.74, 6) is 2.06. The first-order chi connectivity index (χ1) is 22.2. The SMILES string of the molecule is CCc1ccc(C(C)(C)C)c(CC)c1-c1cnn(-c2[c-]c(Oc3[c-]c4c(cc3)c3ccccc3n4-c3cc(C)ccn3)ccc2)c1.[Pt+2]. The summed E-state index contributed by atoms with van der Waals surface area (Å²) in [4.78, 5) is 4.69. The monoisotopic (exact) mass is 797 g/mol. The van der Waals surface area contributed by atoms with Crippen molar-refractivity contribution in [2.45, 2.75) is 59.8 Å². The fourth-order valence-corrected chi connectivity index (χ4v) is 6.57. The zero-order valence-electron chi connectivity index (χ0n) is 27.7. The molecule has 5 nitrogen and oxygen atoms in total. The number of aryl methyl sites for hydroxylation is 2. The van der Waals surface area contributed by atoms with E-state index < -0.39 is 0 Å². The van der Waals surface area contributed by atoms with E-state index in [1.54, 1.807) is 0 Å². The van der Waals surface area contributed by atoms with Crippen molar-refractivity contribution in [3.63, 3.8) is 0 Å². The summed E-state index contributed by atoms with van der Waals surface area (Å²) in [6.07, 6.45) is 7.87.